The first-order valence-electron chi connectivity index (χ1n) is 8.08. The number of nitrogens with one attached hydrogen (secondary N) is 1. The van der Waals surface area contributed by atoms with Crippen LogP contribution in [-0.2, 0) is 17.1 Å². The van der Waals surface area contributed by atoms with Crippen molar-refractivity contribution in [3.63, 3.8) is 0 Å². The van der Waals surface area contributed by atoms with Crippen LogP contribution in [0, 0.1) is 5.82 Å². The molecule has 1 aliphatic rings. The number of aromatic nitrogens is 1. The Morgan fingerprint density at radius 3 is 2.42 bits per heavy atom. The van der Waals surface area contributed by atoms with Crippen LogP contribution in [0.1, 0.15) is 24.6 Å². The number of benzene rings is 1. The molecule has 1 saturated heterocycles. The SMILES string of the molecule is Cn1cccc1[C@@H](CNS(=O)(=O)c1ccc(F)cc1)N1CCCC1. The van der Waals surface area contributed by atoms with Crippen LogP contribution in [0.4, 0.5) is 4.39 Å². The van der Waals surface area contributed by atoms with Crippen molar-refractivity contribution >= 4 is 10.0 Å². The number of likely N-dealkylation sites (tertiary alicyclic amines) is 1. The van der Waals surface area contributed by atoms with Gasteiger partial charge < -0.3 is 4.57 Å². The van der Waals surface area contributed by atoms with E-state index in [1.54, 1.807) is 0 Å². The monoisotopic (exact) mass is 351 g/mol. The minimum atomic E-state index is -3.66. The van der Waals surface area contributed by atoms with Gasteiger partial charge in [-0.05, 0) is 62.3 Å². The predicted octanol–water partition coefficient (Wildman–Crippen LogP) is 2.28. The number of hydrogen-bond acceptors (Lipinski definition) is 3. The summed E-state index contributed by atoms with van der Waals surface area (Å²) in [5.74, 6) is -0.451. The summed E-state index contributed by atoms with van der Waals surface area (Å²) in [6.45, 7) is 2.22. The Labute approximate surface area is 142 Å². The minimum absolute atomic E-state index is 0.0114. The average Bonchev–Trinajstić information content (AvgIpc) is 3.21. The van der Waals surface area contributed by atoms with Crippen LogP contribution in [0.15, 0.2) is 47.5 Å². The summed E-state index contributed by atoms with van der Waals surface area (Å²) in [6, 6.07) is 8.86. The van der Waals surface area contributed by atoms with Crippen molar-refractivity contribution in [2.45, 2.75) is 23.8 Å². The molecule has 1 atom stereocenters. The number of nitrogens with zero attached hydrogens (tertiary/aromatic N) is 2. The molecule has 7 heteroatoms. The van der Waals surface area contributed by atoms with E-state index >= 15 is 0 Å². The van der Waals surface area contributed by atoms with Crippen molar-refractivity contribution in [2.75, 3.05) is 19.6 Å². The van der Waals surface area contributed by atoms with Gasteiger partial charge in [0, 0.05) is 25.5 Å². The molecule has 1 aliphatic heterocycles. The second-order valence-corrected chi connectivity index (χ2v) is 7.88. The molecule has 1 aromatic heterocycles. The van der Waals surface area contributed by atoms with E-state index in [1.807, 2.05) is 29.9 Å². The molecule has 1 aromatic carbocycles. The van der Waals surface area contributed by atoms with E-state index in [2.05, 4.69) is 9.62 Å². The number of aryl methyl sites for hydroxylation is 1. The summed E-state index contributed by atoms with van der Waals surface area (Å²) in [7, 11) is -1.69. The summed E-state index contributed by atoms with van der Waals surface area (Å²) < 4.78 is 42.6. The fourth-order valence-electron chi connectivity index (χ4n) is 3.18. The van der Waals surface area contributed by atoms with Crippen LogP contribution in [0.5, 0.6) is 0 Å². The standard InChI is InChI=1S/C17H22FN3O2S/c1-20-10-4-5-16(20)17(21-11-2-3-12-21)13-19-24(22,23)15-8-6-14(18)7-9-15/h4-10,17,19H,2-3,11-13H2,1H3/t17-/m1/s1. The van der Waals surface area contributed by atoms with Gasteiger partial charge in [0.25, 0.3) is 0 Å². The molecule has 1 N–H and O–H groups in total. The van der Waals surface area contributed by atoms with Crippen molar-refractivity contribution in [2.24, 2.45) is 7.05 Å². The highest BCUT2D eigenvalue weighted by Gasteiger charge is 2.27. The molecule has 130 valence electrons. The summed E-state index contributed by atoms with van der Waals surface area (Å²) in [5, 5.41) is 0. The highest BCUT2D eigenvalue weighted by molar-refractivity contribution is 7.89. The zero-order chi connectivity index (χ0) is 17.2. The Balaban J connectivity index is 1.78. The third-order valence-electron chi connectivity index (χ3n) is 4.50. The lowest BCUT2D eigenvalue weighted by Crippen LogP contribution is -2.37. The van der Waals surface area contributed by atoms with Crippen molar-refractivity contribution < 1.29 is 12.8 Å². The van der Waals surface area contributed by atoms with Crippen molar-refractivity contribution in [3.8, 4) is 0 Å². The number of rotatable bonds is 6. The Morgan fingerprint density at radius 2 is 1.83 bits per heavy atom. The van der Waals surface area contributed by atoms with Gasteiger partial charge in [-0.1, -0.05) is 0 Å². The van der Waals surface area contributed by atoms with E-state index in [0.717, 1.165) is 43.8 Å². The van der Waals surface area contributed by atoms with E-state index in [-0.39, 0.29) is 17.5 Å². The molecule has 0 bridgehead atoms. The fourth-order valence-corrected chi connectivity index (χ4v) is 4.22. The molecule has 5 nitrogen and oxygen atoms in total. The Hall–Kier alpha value is -1.70. The van der Waals surface area contributed by atoms with Crippen LogP contribution in [0.25, 0.3) is 0 Å². The lowest BCUT2D eigenvalue weighted by Gasteiger charge is -2.28. The molecule has 2 aromatic rings. The first-order chi connectivity index (χ1) is 11.5. The zero-order valence-corrected chi connectivity index (χ0v) is 14.5. The quantitative estimate of drug-likeness (QED) is 0.869. The molecule has 0 radical (unpaired) electrons. The molecule has 0 aliphatic carbocycles. The van der Waals surface area contributed by atoms with E-state index < -0.39 is 15.8 Å². The molecule has 1 fully saturated rings. The zero-order valence-electron chi connectivity index (χ0n) is 13.7. The smallest absolute Gasteiger partial charge is 0.240 e. The fraction of sp³-hybridized carbons (Fsp3) is 0.412. The Kier molecular flexibility index (Phi) is 5.03. The number of hydrogen-bond donors (Lipinski definition) is 1. The van der Waals surface area contributed by atoms with Crippen LogP contribution in [-0.4, -0.2) is 37.5 Å². The van der Waals surface area contributed by atoms with Gasteiger partial charge in [-0.15, -0.1) is 0 Å². The largest absolute Gasteiger partial charge is 0.353 e. The van der Waals surface area contributed by atoms with E-state index in [0.29, 0.717) is 0 Å². The van der Waals surface area contributed by atoms with Gasteiger partial charge in [0.2, 0.25) is 10.0 Å². The van der Waals surface area contributed by atoms with Gasteiger partial charge in [-0.25, -0.2) is 17.5 Å². The molecular formula is C17H22FN3O2S. The average molecular weight is 351 g/mol. The molecule has 24 heavy (non-hydrogen) atoms. The van der Waals surface area contributed by atoms with E-state index in [4.69, 9.17) is 0 Å². The molecule has 2 heterocycles. The molecule has 3 rings (SSSR count). The second-order valence-electron chi connectivity index (χ2n) is 6.11. The van der Waals surface area contributed by atoms with Crippen LogP contribution in [0.3, 0.4) is 0 Å². The first-order valence-corrected chi connectivity index (χ1v) is 9.56. The van der Waals surface area contributed by atoms with Gasteiger partial charge in [0.15, 0.2) is 0 Å². The second kappa shape index (κ2) is 7.04. The van der Waals surface area contributed by atoms with Crippen LogP contribution < -0.4 is 4.72 Å². The first kappa shape index (κ1) is 17.1. The van der Waals surface area contributed by atoms with Gasteiger partial charge in [0.1, 0.15) is 5.82 Å². The van der Waals surface area contributed by atoms with Crippen molar-refractivity contribution in [3.05, 3.63) is 54.1 Å². The summed E-state index contributed by atoms with van der Waals surface area (Å²) in [4.78, 5) is 2.39. The molecular weight excluding hydrogens is 329 g/mol. The highest BCUT2D eigenvalue weighted by atomic mass is 32.2. The minimum Gasteiger partial charge on any atom is -0.353 e. The van der Waals surface area contributed by atoms with Crippen molar-refractivity contribution in [1.29, 1.82) is 0 Å². The normalized spacial score (nSPS) is 17.2. The Bertz CT molecular complexity index is 780. The van der Waals surface area contributed by atoms with Crippen molar-refractivity contribution in [1.82, 2.24) is 14.2 Å². The Morgan fingerprint density at radius 1 is 1.17 bits per heavy atom. The maximum Gasteiger partial charge on any atom is 0.240 e. The maximum absolute atomic E-state index is 13.0. The lowest BCUT2D eigenvalue weighted by atomic mass is 10.2. The van der Waals surface area contributed by atoms with Crippen LogP contribution in [0.2, 0.25) is 0 Å². The maximum atomic E-state index is 13.0. The summed E-state index contributed by atoms with van der Waals surface area (Å²) >= 11 is 0. The number of sulfonamides is 1. The number of halogens is 1. The van der Waals surface area contributed by atoms with Gasteiger partial charge in [0.05, 0.1) is 10.9 Å². The van der Waals surface area contributed by atoms with Gasteiger partial charge in [-0.2, -0.15) is 0 Å². The van der Waals surface area contributed by atoms with Crippen LogP contribution >= 0.6 is 0 Å². The van der Waals surface area contributed by atoms with E-state index in [1.165, 1.54) is 12.1 Å². The van der Waals surface area contributed by atoms with Gasteiger partial charge >= 0.3 is 0 Å². The molecule has 0 spiro atoms. The summed E-state index contributed by atoms with van der Waals surface area (Å²) in [5.41, 5.74) is 1.08. The van der Waals surface area contributed by atoms with E-state index in [9.17, 15) is 12.8 Å². The third-order valence-corrected chi connectivity index (χ3v) is 5.94. The predicted molar refractivity (Wildman–Crippen MR) is 90.5 cm³/mol. The highest BCUT2D eigenvalue weighted by Crippen LogP contribution is 2.25. The summed E-state index contributed by atoms with van der Waals surface area (Å²) in [6.07, 6.45) is 4.23. The molecule has 0 saturated carbocycles. The van der Waals surface area contributed by atoms with Gasteiger partial charge in [-0.3, -0.25) is 4.90 Å². The molecule has 0 unspecified atom stereocenters. The lowest BCUT2D eigenvalue weighted by molar-refractivity contribution is 0.238. The topological polar surface area (TPSA) is 54.3 Å². The molecule has 0 amide bonds. The third kappa shape index (κ3) is 3.68.